The van der Waals surface area contributed by atoms with Crippen LogP contribution in [0.4, 0.5) is 0 Å². The average Bonchev–Trinajstić information content (AvgIpc) is 2.37. The Kier molecular flexibility index (Phi) is 6.37. The summed E-state index contributed by atoms with van der Waals surface area (Å²) in [5.74, 6) is 0.870. The summed E-state index contributed by atoms with van der Waals surface area (Å²) in [6, 6.07) is 7.92. The summed E-state index contributed by atoms with van der Waals surface area (Å²) in [7, 11) is 1.67. The molecular weight excluding hydrogens is 214 g/mol. The predicted molar refractivity (Wildman–Crippen MR) is 70.3 cm³/mol. The second-order valence-electron chi connectivity index (χ2n) is 3.92. The van der Waals surface area contributed by atoms with Gasteiger partial charge in [0.15, 0.2) is 0 Å². The maximum atomic E-state index is 5.71. The van der Waals surface area contributed by atoms with Crippen LogP contribution in [0.5, 0.6) is 5.75 Å². The molecule has 94 valence electrons. The highest BCUT2D eigenvalue weighted by atomic mass is 16.5. The fourth-order valence-electron chi connectivity index (χ4n) is 1.41. The monoisotopic (exact) mass is 235 g/mol. The van der Waals surface area contributed by atoms with E-state index >= 15 is 0 Å². The van der Waals surface area contributed by atoms with Crippen molar-refractivity contribution in [1.29, 1.82) is 0 Å². The number of rotatable bonds is 8. The number of hydrogen-bond acceptors (Lipinski definition) is 3. The van der Waals surface area contributed by atoms with Crippen LogP contribution in [0.25, 0.3) is 0 Å². The Morgan fingerprint density at radius 3 is 2.65 bits per heavy atom. The predicted octanol–water partition coefficient (Wildman–Crippen LogP) is 2.38. The lowest BCUT2D eigenvalue weighted by atomic mass is 10.2. The van der Waals surface area contributed by atoms with Gasteiger partial charge in [0, 0.05) is 13.1 Å². The molecule has 0 aliphatic heterocycles. The minimum Gasteiger partial charge on any atom is -0.497 e. The van der Waals surface area contributed by atoms with Crippen molar-refractivity contribution in [2.75, 3.05) is 20.2 Å². The molecule has 0 aliphatic carbocycles. The highest BCUT2D eigenvalue weighted by molar-refractivity contribution is 5.26. The molecule has 3 nitrogen and oxygen atoms in total. The molecule has 0 fully saturated rings. The fourth-order valence-corrected chi connectivity index (χ4v) is 1.41. The largest absolute Gasteiger partial charge is 0.497 e. The van der Waals surface area contributed by atoms with Gasteiger partial charge in [-0.1, -0.05) is 18.2 Å². The van der Waals surface area contributed by atoms with E-state index in [0.29, 0.717) is 6.61 Å². The maximum Gasteiger partial charge on any atom is 0.118 e. The van der Waals surface area contributed by atoms with Gasteiger partial charge in [0.2, 0.25) is 0 Å². The van der Waals surface area contributed by atoms with E-state index < -0.39 is 0 Å². The van der Waals surface area contributed by atoms with Gasteiger partial charge >= 0.3 is 0 Å². The lowest BCUT2D eigenvalue weighted by Gasteiger charge is -2.13. The van der Waals surface area contributed by atoms with Crippen LogP contribution in [-0.4, -0.2) is 26.3 Å². The molecule has 0 aromatic heterocycles. The summed E-state index contributed by atoms with van der Waals surface area (Å²) < 4.78 is 10.8. The maximum absolute atomic E-state index is 5.71. The first-order chi connectivity index (χ1) is 8.26. The van der Waals surface area contributed by atoms with Crippen LogP contribution < -0.4 is 10.1 Å². The first-order valence-corrected chi connectivity index (χ1v) is 5.82. The van der Waals surface area contributed by atoms with Crippen molar-refractivity contribution in [1.82, 2.24) is 5.32 Å². The molecule has 1 N–H and O–H groups in total. The third kappa shape index (κ3) is 5.52. The lowest BCUT2D eigenvalue weighted by molar-refractivity contribution is 0.0538. The van der Waals surface area contributed by atoms with Crippen LogP contribution in [-0.2, 0) is 11.3 Å². The molecule has 0 radical (unpaired) electrons. The Morgan fingerprint density at radius 1 is 1.35 bits per heavy atom. The summed E-state index contributed by atoms with van der Waals surface area (Å²) in [6.45, 7) is 7.98. The number of benzene rings is 1. The molecule has 1 aromatic rings. The number of hydrogen-bond donors (Lipinski definition) is 1. The normalized spacial score (nSPS) is 12.1. The Bertz CT molecular complexity index is 321. The van der Waals surface area contributed by atoms with E-state index in [1.54, 1.807) is 7.11 Å². The van der Waals surface area contributed by atoms with Crippen molar-refractivity contribution in [3.05, 3.63) is 42.5 Å². The van der Waals surface area contributed by atoms with Crippen molar-refractivity contribution >= 4 is 0 Å². The van der Waals surface area contributed by atoms with Crippen LogP contribution in [0.15, 0.2) is 36.9 Å². The highest BCUT2D eigenvalue weighted by Gasteiger charge is 2.01. The van der Waals surface area contributed by atoms with Crippen molar-refractivity contribution in [3.8, 4) is 5.75 Å². The van der Waals surface area contributed by atoms with Gasteiger partial charge in [-0.25, -0.2) is 0 Å². The average molecular weight is 235 g/mol. The van der Waals surface area contributed by atoms with E-state index in [2.05, 4.69) is 18.8 Å². The Labute approximate surface area is 103 Å². The first kappa shape index (κ1) is 13.7. The summed E-state index contributed by atoms with van der Waals surface area (Å²) in [5, 5.41) is 3.23. The fraction of sp³-hybridized carbons (Fsp3) is 0.429. The van der Waals surface area contributed by atoms with Crippen molar-refractivity contribution < 1.29 is 9.47 Å². The summed E-state index contributed by atoms with van der Waals surface area (Å²) in [6.07, 6.45) is 2.04. The van der Waals surface area contributed by atoms with Crippen LogP contribution in [0.3, 0.4) is 0 Å². The molecule has 0 spiro atoms. The zero-order valence-electron chi connectivity index (χ0n) is 10.6. The SMILES string of the molecule is C=CCNCC(C)OCc1ccc(OC)cc1. The van der Waals surface area contributed by atoms with Gasteiger partial charge in [0.1, 0.15) is 5.75 Å². The molecule has 0 saturated carbocycles. The van der Waals surface area contributed by atoms with E-state index in [1.807, 2.05) is 30.3 Å². The number of methoxy groups -OCH3 is 1. The summed E-state index contributed by atoms with van der Waals surface area (Å²) in [4.78, 5) is 0. The lowest BCUT2D eigenvalue weighted by Crippen LogP contribution is -2.26. The standard InChI is InChI=1S/C14H21NO2/c1-4-9-15-10-12(2)17-11-13-5-7-14(16-3)8-6-13/h4-8,12,15H,1,9-11H2,2-3H3. The Hall–Kier alpha value is -1.32. The second-order valence-corrected chi connectivity index (χ2v) is 3.92. The minimum absolute atomic E-state index is 0.192. The van der Waals surface area contributed by atoms with Gasteiger partial charge in [-0.3, -0.25) is 0 Å². The molecule has 1 aromatic carbocycles. The van der Waals surface area contributed by atoms with E-state index in [4.69, 9.17) is 9.47 Å². The Morgan fingerprint density at radius 2 is 2.06 bits per heavy atom. The molecule has 1 unspecified atom stereocenters. The van der Waals surface area contributed by atoms with E-state index in [9.17, 15) is 0 Å². The molecule has 0 aliphatic rings. The van der Waals surface area contributed by atoms with Crippen molar-refractivity contribution in [3.63, 3.8) is 0 Å². The number of ether oxygens (including phenoxy) is 2. The molecule has 1 rings (SSSR count). The molecule has 0 heterocycles. The molecular formula is C14H21NO2. The van der Waals surface area contributed by atoms with Gasteiger partial charge in [0.05, 0.1) is 19.8 Å². The van der Waals surface area contributed by atoms with Crippen LogP contribution >= 0.6 is 0 Å². The third-order valence-electron chi connectivity index (χ3n) is 2.41. The van der Waals surface area contributed by atoms with Crippen LogP contribution in [0.2, 0.25) is 0 Å². The van der Waals surface area contributed by atoms with Crippen LogP contribution in [0.1, 0.15) is 12.5 Å². The third-order valence-corrected chi connectivity index (χ3v) is 2.41. The first-order valence-electron chi connectivity index (χ1n) is 5.82. The van der Waals surface area contributed by atoms with E-state index in [1.165, 1.54) is 0 Å². The highest BCUT2D eigenvalue weighted by Crippen LogP contribution is 2.12. The second kappa shape index (κ2) is 7.87. The molecule has 1 atom stereocenters. The van der Waals surface area contributed by atoms with Gasteiger partial charge in [-0.15, -0.1) is 6.58 Å². The van der Waals surface area contributed by atoms with Crippen molar-refractivity contribution in [2.45, 2.75) is 19.6 Å². The van der Waals surface area contributed by atoms with Gasteiger partial charge in [-0.2, -0.15) is 0 Å². The topological polar surface area (TPSA) is 30.5 Å². The number of nitrogens with one attached hydrogen (secondary N) is 1. The van der Waals surface area contributed by atoms with Gasteiger partial charge in [0.25, 0.3) is 0 Å². The summed E-state index contributed by atoms with van der Waals surface area (Å²) >= 11 is 0. The molecule has 0 bridgehead atoms. The Balaban J connectivity index is 2.26. The smallest absolute Gasteiger partial charge is 0.118 e. The molecule has 0 amide bonds. The molecule has 0 saturated heterocycles. The van der Waals surface area contributed by atoms with Gasteiger partial charge < -0.3 is 14.8 Å². The van der Waals surface area contributed by atoms with E-state index in [-0.39, 0.29) is 6.10 Å². The minimum atomic E-state index is 0.192. The zero-order chi connectivity index (χ0) is 12.5. The zero-order valence-corrected chi connectivity index (χ0v) is 10.6. The van der Waals surface area contributed by atoms with Crippen LogP contribution in [0, 0.1) is 0 Å². The summed E-state index contributed by atoms with van der Waals surface area (Å²) in [5.41, 5.74) is 1.15. The van der Waals surface area contributed by atoms with Crippen molar-refractivity contribution in [2.24, 2.45) is 0 Å². The molecule has 3 heteroatoms. The van der Waals surface area contributed by atoms with Gasteiger partial charge in [-0.05, 0) is 24.6 Å². The molecule has 17 heavy (non-hydrogen) atoms. The quantitative estimate of drug-likeness (QED) is 0.554. The van der Waals surface area contributed by atoms with E-state index in [0.717, 1.165) is 24.4 Å².